The number of hydrogen-bond acceptors (Lipinski definition) is 6. The topological polar surface area (TPSA) is 75.9 Å². The van der Waals surface area contributed by atoms with Crippen LogP contribution in [-0.4, -0.2) is 61.9 Å². The molecule has 2 aromatic rings. The molecule has 1 amide bonds. The predicted octanol–water partition coefficient (Wildman–Crippen LogP) is 3.68. The van der Waals surface area contributed by atoms with Crippen LogP contribution in [0.25, 0.3) is 5.69 Å². The molecule has 1 saturated heterocycles. The first-order valence-corrected chi connectivity index (χ1v) is 12.6. The number of aromatic nitrogens is 4. The average molecular weight is 443 g/mol. The van der Waals surface area contributed by atoms with Crippen LogP contribution in [0, 0.1) is 13.8 Å². The second-order valence-corrected chi connectivity index (χ2v) is 10.0. The molecule has 0 bridgehead atoms. The van der Waals surface area contributed by atoms with Crippen molar-refractivity contribution in [2.45, 2.75) is 75.9 Å². The Morgan fingerprint density at radius 1 is 1.10 bits per heavy atom. The van der Waals surface area contributed by atoms with Gasteiger partial charge in [-0.05, 0) is 74.7 Å². The molecule has 0 atom stereocenters. The van der Waals surface area contributed by atoms with Crippen molar-refractivity contribution >= 4 is 17.7 Å². The van der Waals surface area contributed by atoms with Gasteiger partial charge in [0, 0.05) is 12.1 Å². The first-order valence-electron chi connectivity index (χ1n) is 11.6. The fourth-order valence-corrected chi connectivity index (χ4v) is 5.80. The molecule has 1 aliphatic carbocycles. The van der Waals surface area contributed by atoms with Crippen LogP contribution in [0.3, 0.4) is 0 Å². The Hall–Kier alpha value is -1.93. The highest BCUT2D eigenvalue weighted by Crippen LogP contribution is 2.35. The van der Waals surface area contributed by atoms with Crippen molar-refractivity contribution in [3.05, 3.63) is 29.3 Å². The van der Waals surface area contributed by atoms with E-state index in [4.69, 9.17) is 0 Å². The van der Waals surface area contributed by atoms with Gasteiger partial charge in [-0.3, -0.25) is 9.69 Å². The van der Waals surface area contributed by atoms with Crippen molar-refractivity contribution in [1.82, 2.24) is 30.4 Å². The minimum Gasteiger partial charge on any atom is -0.354 e. The molecule has 2 aliphatic rings. The second-order valence-electron chi connectivity index (χ2n) is 9.06. The fourth-order valence-electron chi connectivity index (χ4n) is 5.09. The molecule has 1 aromatic heterocycles. The van der Waals surface area contributed by atoms with Gasteiger partial charge in [0.1, 0.15) is 0 Å². The summed E-state index contributed by atoms with van der Waals surface area (Å²) in [6, 6.07) is 6.19. The van der Waals surface area contributed by atoms with Crippen LogP contribution >= 0.6 is 11.8 Å². The van der Waals surface area contributed by atoms with Gasteiger partial charge in [-0.1, -0.05) is 55.1 Å². The molecule has 2 fully saturated rings. The van der Waals surface area contributed by atoms with Gasteiger partial charge in [-0.25, -0.2) is 0 Å². The number of piperidine rings is 1. The summed E-state index contributed by atoms with van der Waals surface area (Å²) in [6.07, 6.45) is 10.2. The summed E-state index contributed by atoms with van der Waals surface area (Å²) < 4.78 is 1.73. The molecule has 2 heterocycles. The van der Waals surface area contributed by atoms with E-state index in [2.05, 4.69) is 51.7 Å². The number of hydrogen-bond donors (Lipinski definition) is 1. The molecular formula is C23H34N6OS. The maximum atomic E-state index is 12.7. The third-order valence-corrected chi connectivity index (χ3v) is 7.70. The van der Waals surface area contributed by atoms with Gasteiger partial charge in [0.05, 0.1) is 11.4 Å². The number of amides is 1. The Morgan fingerprint density at radius 3 is 2.58 bits per heavy atom. The van der Waals surface area contributed by atoms with Gasteiger partial charge in [-0.2, -0.15) is 4.68 Å². The first kappa shape index (κ1) is 22.3. The number of carbonyl (C=O) groups is 1. The average Bonchev–Trinajstić information content (AvgIpc) is 3.26. The normalized spacial score (nSPS) is 19.3. The summed E-state index contributed by atoms with van der Waals surface area (Å²) in [5.74, 6) is 0.378. The zero-order chi connectivity index (χ0) is 21.7. The zero-order valence-electron chi connectivity index (χ0n) is 18.8. The number of aryl methyl sites for hydroxylation is 2. The maximum Gasteiger partial charge on any atom is 0.230 e. The summed E-state index contributed by atoms with van der Waals surface area (Å²) >= 11 is 1.39. The van der Waals surface area contributed by atoms with Crippen molar-refractivity contribution in [2.75, 3.05) is 25.4 Å². The lowest BCUT2D eigenvalue weighted by molar-refractivity contribution is -0.119. The summed E-state index contributed by atoms with van der Waals surface area (Å²) in [7, 11) is 0. The molecular weight excluding hydrogens is 408 g/mol. The highest BCUT2D eigenvalue weighted by molar-refractivity contribution is 7.99. The van der Waals surface area contributed by atoms with Crippen LogP contribution in [0.1, 0.15) is 62.5 Å². The smallest absolute Gasteiger partial charge is 0.230 e. The van der Waals surface area contributed by atoms with Crippen LogP contribution in [0.2, 0.25) is 0 Å². The van der Waals surface area contributed by atoms with E-state index in [0.29, 0.717) is 10.9 Å². The fraction of sp³-hybridized carbons (Fsp3) is 0.652. The van der Waals surface area contributed by atoms with Crippen molar-refractivity contribution in [1.29, 1.82) is 0 Å². The lowest BCUT2D eigenvalue weighted by Gasteiger charge is -2.48. The van der Waals surface area contributed by atoms with Gasteiger partial charge in [-0.15, -0.1) is 5.10 Å². The number of likely N-dealkylation sites (tertiary alicyclic amines) is 1. The largest absolute Gasteiger partial charge is 0.354 e. The number of nitrogens with zero attached hydrogens (tertiary/aromatic N) is 5. The quantitative estimate of drug-likeness (QED) is 0.660. The minimum atomic E-state index is 0.0575. The van der Waals surface area contributed by atoms with Crippen molar-refractivity contribution in [3.8, 4) is 5.69 Å². The Labute approximate surface area is 189 Å². The van der Waals surface area contributed by atoms with Crippen LogP contribution in [0.15, 0.2) is 23.4 Å². The molecule has 7 nitrogen and oxygen atoms in total. The molecule has 1 N–H and O–H groups in total. The molecule has 168 valence electrons. The van der Waals surface area contributed by atoms with Crippen LogP contribution in [-0.2, 0) is 4.79 Å². The number of nitrogens with one attached hydrogen (secondary N) is 1. The van der Waals surface area contributed by atoms with Gasteiger partial charge < -0.3 is 5.32 Å². The van der Waals surface area contributed by atoms with Crippen molar-refractivity contribution in [3.63, 3.8) is 0 Å². The molecule has 1 aromatic carbocycles. The molecule has 1 saturated carbocycles. The molecule has 4 rings (SSSR count). The molecule has 1 aliphatic heterocycles. The van der Waals surface area contributed by atoms with E-state index < -0.39 is 0 Å². The van der Waals surface area contributed by atoms with E-state index in [1.807, 2.05) is 6.07 Å². The lowest BCUT2D eigenvalue weighted by atomic mass is 9.79. The molecule has 0 radical (unpaired) electrons. The molecule has 8 heteroatoms. The molecule has 0 spiro atoms. The highest BCUT2D eigenvalue weighted by Gasteiger charge is 2.38. The first-order chi connectivity index (χ1) is 15.1. The van der Waals surface area contributed by atoms with E-state index in [-0.39, 0.29) is 11.4 Å². The number of thioether (sulfide) groups is 1. The van der Waals surface area contributed by atoms with E-state index >= 15 is 0 Å². The Kier molecular flexibility index (Phi) is 7.27. The minimum absolute atomic E-state index is 0.0575. The SMILES string of the molecule is Cc1ccc(-n2nnnc2SCC(=O)NCC2(N3CCCCC3)CCCCC2)c(C)c1. The predicted molar refractivity (Wildman–Crippen MR) is 124 cm³/mol. The van der Waals surface area contributed by atoms with Gasteiger partial charge in [0.25, 0.3) is 0 Å². The second kappa shape index (κ2) is 10.1. The van der Waals surface area contributed by atoms with Crippen LogP contribution < -0.4 is 5.32 Å². The Morgan fingerprint density at radius 2 is 1.84 bits per heavy atom. The number of rotatable bonds is 7. The third-order valence-electron chi connectivity index (χ3n) is 6.78. The number of carbonyl (C=O) groups excluding carboxylic acids is 1. The summed E-state index contributed by atoms with van der Waals surface area (Å²) in [6.45, 7) is 7.23. The van der Waals surface area contributed by atoms with Crippen LogP contribution in [0.5, 0.6) is 0 Å². The van der Waals surface area contributed by atoms with Crippen molar-refractivity contribution in [2.24, 2.45) is 0 Å². The molecule has 31 heavy (non-hydrogen) atoms. The van der Waals surface area contributed by atoms with Gasteiger partial charge >= 0.3 is 0 Å². The Balaban J connectivity index is 1.36. The van der Waals surface area contributed by atoms with Crippen molar-refractivity contribution < 1.29 is 4.79 Å². The maximum absolute atomic E-state index is 12.7. The lowest BCUT2D eigenvalue weighted by Crippen LogP contribution is -2.58. The number of tetrazole rings is 1. The van der Waals surface area contributed by atoms with Gasteiger partial charge in [0.2, 0.25) is 11.1 Å². The van der Waals surface area contributed by atoms with Crippen LogP contribution in [0.4, 0.5) is 0 Å². The highest BCUT2D eigenvalue weighted by atomic mass is 32.2. The third kappa shape index (κ3) is 5.29. The summed E-state index contributed by atoms with van der Waals surface area (Å²) in [4.78, 5) is 15.4. The summed E-state index contributed by atoms with van der Waals surface area (Å²) in [5, 5.41) is 16.0. The van der Waals surface area contributed by atoms with Gasteiger partial charge in [0.15, 0.2) is 0 Å². The van der Waals surface area contributed by atoms with E-state index in [1.54, 1.807) is 4.68 Å². The monoisotopic (exact) mass is 442 g/mol. The standard InChI is InChI=1S/C23H34N6OS/c1-18-9-10-20(19(2)15-18)29-22(25-26-27-29)31-16-21(30)24-17-23(11-5-3-6-12-23)28-13-7-4-8-14-28/h9-10,15H,3-8,11-14,16-17H2,1-2H3,(H,24,30). The van der Waals surface area contributed by atoms with E-state index in [1.165, 1.54) is 81.8 Å². The Bertz CT molecular complexity index is 886. The summed E-state index contributed by atoms with van der Waals surface area (Å²) in [5.41, 5.74) is 3.41. The molecule has 0 unspecified atom stereocenters. The number of benzene rings is 1. The van der Waals surface area contributed by atoms with E-state index in [0.717, 1.165) is 17.8 Å². The zero-order valence-corrected chi connectivity index (χ0v) is 19.6. The van der Waals surface area contributed by atoms with E-state index in [9.17, 15) is 4.79 Å².